The molecular formula is C43H32N4O. The Morgan fingerprint density at radius 3 is 2.15 bits per heavy atom. The number of fused-ring (bicyclic) bond motifs is 5. The van der Waals surface area contributed by atoms with Crippen LogP contribution in [0.15, 0.2) is 158 Å². The first-order chi connectivity index (χ1) is 23.6. The van der Waals surface area contributed by atoms with Crippen LogP contribution in [0.2, 0.25) is 0 Å². The van der Waals surface area contributed by atoms with E-state index in [4.69, 9.17) is 9.72 Å². The minimum atomic E-state index is -0.290. The molecule has 5 heteroatoms. The normalized spacial score (nSPS) is 13.3. The summed E-state index contributed by atoms with van der Waals surface area (Å²) in [6.45, 7) is 4.61. The summed E-state index contributed by atoms with van der Waals surface area (Å²) < 4.78 is 8.88. The molecule has 0 atom stereocenters. The molecular weight excluding hydrogens is 589 g/mol. The molecule has 0 N–H and O–H groups in total. The monoisotopic (exact) mass is 620 g/mol. The van der Waals surface area contributed by atoms with E-state index in [-0.39, 0.29) is 5.41 Å². The van der Waals surface area contributed by atoms with Gasteiger partial charge in [-0.1, -0.05) is 80.6 Å². The van der Waals surface area contributed by atoms with E-state index in [9.17, 15) is 0 Å². The minimum Gasteiger partial charge on any atom is -0.457 e. The Hall–Kier alpha value is -6.20. The van der Waals surface area contributed by atoms with Crippen molar-refractivity contribution in [2.45, 2.75) is 19.3 Å². The number of rotatable bonds is 5. The van der Waals surface area contributed by atoms with Crippen molar-refractivity contribution in [3.63, 3.8) is 0 Å². The second kappa shape index (κ2) is 11.0. The molecule has 4 heterocycles. The van der Waals surface area contributed by atoms with Crippen molar-refractivity contribution in [3.8, 4) is 28.4 Å². The average Bonchev–Trinajstić information content (AvgIpc) is 3.46. The van der Waals surface area contributed by atoms with E-state index < -0.39 is 0 Å². The lowest BCUT2D eigenvalue weighted by atomic mass is 9.74. The number of para-hydroxylation sites is 2. The lowest BCUT2D eigenvalue weighted by Crippen LogP contribution is -2.31. The highest BCUT2D eigenvalue weighted by molar-refractivity contribution is 6.11. The molecule has 0 saturated carbocycles. The van der Waals surface area contributed by atoms with E-state index in [1.54, 1.807) is 0 Å². The Morgan fingerprint density at radius 2 is 1.29 bits per heavy atom. The van der Waals surface area contributed by atoms with Gasteiger partial charge in [-0.3, -0.25) is 9.88 Å². The number of ether oxygens (including phenoxy) is 1. The van der Waals surface area contributed by atoms with Crippen LogP contribution in [0.25, 0.3) is 38.8 Å². The predicted octanol–water partition coefficient (Wildman–Crippen LogP) is 11.1. The zero-order valence-electron chi connectivity index (χ0n) is 26.7. The molecule has 0 aliphatic carbocycles. The molecule has 0 amide bonds. The Bertz CT molecular complexity index is 2470. The molecule has 0 saturated heterocycles. The summed E-state index contributed by atoms with van der Waals surface area (Å²) in [5.74, 6) is 2.43. The van der Waals surface area contributed by atoms with Crippen LogP contribution in [0, 0.1) is 0 Å². The Kier molecular flexibility index (Phi) is 6.40. The van der Waals surface area contributed by atoms with Gasteiger partial charge < -0.3 is 9.30 Å². The number of nitrogens with zero attached hydrogens (tertiary/aromatic N) is 4. The van der Waals surface area contributed by atoms with Crippen molar-refractivity contribution < 1.29 is 4.74 Å². The van der Waals surface area contributed by atoms with E-state index in [0.29, 0.717) is 0 Å². The van der Waals surface area contributed by atoms with Crippen LogP contribution in [0.5, 0.6) is 11.5 Å². The summed E-state index contributed by atoms with van der Waals surface area (Å²) >= 11 is 0. The standard InChI is InChI=1S/C43H32N4O/c1-43(2)36-20-12-24-45-42(36)47(31-16-11-18-33(26-31)48-32-17-10-13-29(25-32)38-21-8-9-23-44-38)41-27-35-34-19-6-7-22-39(34)46(40(35)28-37(41)43)30-14-4-3-5-15-30/h3-28H,1-2H3. The zero-order chi connectivity index (χ0) is 32.2. The molecule has 5 aromatic carbocycles. The van der Waals surface area contributed by atoms with E-state index in [1.165, 1.54) is 32.9 Å². The molecule has 48 heavy (non-hydrogen) atoms. The number of anilines is 3. The molecule has 230 valence electrons. The fraction of sp³-hybridized carbons (Fsp3) is 0.0698. The van der Waals surface area contributed by atoms with E-state index in [2.05, 4.69) is 125 Å². The second-order valence-corrected chi connectivity index (χ2v) is 12.8. The highest BCUT2D eigenvalue weighted by Gasteiger charge is 2.38. The molecule has 0 unspecified atom stereocenters. The van der Waals surface area contributed by atoms with E-state index in [0.717, 1.165) is 45.6 Å². The minimum absolute atomic E-state index is 0.290. The molecule has 0 spiro atoms. The van der Waals surface area contributed by atoms with Crippen LogP contribution >= 0.6 is 0 Å². The number of hydrogen-bond acceptors (Lipinski definition) is 4. The lowest BCUT2D eigenvalue weighted by molar-refractivity contribution is 0.483. The molecule has 0 radical (unpaired) electrons. The summed E-state index contributed by atoms with van der Waals surface area (Å²) in [5.41, 5.74) is 9.66. The smallest absolute Gasteiger partial charge is 0.141 e. The van der Waals surface area contributed by atoms with Gasteiger partial charge in [-0.05, 0) is 78.4 Å². The van der Waals surface area contributed by atoms with E-state index >= 15 is 0 Å². The van der Waals surface area contributed by atoms with Gasteiger partial charge >= 0.3 is 0 Å². The predicted molar refractivity (Wildman–Crippen MR) is 195 cm³/mol. The van der Waals surface area contributed by atoms with Crippen LogP contribution < -0.4 is 9.64 Å². The maximum atomic E-state index is 6.49. The van der Waals surface area contributed by atoms with Crippen LogP contribution in [0.3, 0.4) is 0 Å². The SMILES string of the molecule is CC1(C)c2cc3c(cc2N(c2cccc(Oc4cccc(-c5ccccn5)c4)c2)c2ncccc21)c1ccccc1n3-c1ccccc1. The Morgan fingerprint density at radius 1 is 0.542 bits per heavy atom. The van der Waals surface area contributed by atoms with Gasteiger partial charge in [-0.2, -0.15) is 0 Å². The fourth-order valence-corrected chi connectivity index (χ4v) is 7.20. The van der Waals surface area contributed by atoms with Gasteiger partial charge in [0.2, 0.25) is 0 Å². The maximum absolute atomic E-state index is 6.49. The molecule has 5 nitrogen and oxygen atoms in total. The highest BCUT2D eigenvalue weighted by atomic mass is 16.5. The summed E-state index contributed by atoms with van der Waals surface area (Å²) in [6, 6.07) is 50.6. The summed E-state index contributed by atoms with van der Waals surface area (Å²) in [6.07, 6.45) is 3.69. The van der Waals surface area contributed by atoms with Gasteiger partial charge in [0.05, 0.1) is 28.1 Å². The van der Waals surface area contributed by atoms with Crippen LogP contribution in [0.4, 0.5) is 17.2 Å². The van der Waals surface area contributed by atoms with Crippen molar-refractivity contribution in [1.82, 2.24) is 14.5 Å². The van der Waals surface area contributed by atoms with Gasteiger partial charge in [0.25, 0.3) is 0 Å². The quantitative estimate of drug-likeness (QED) is 0.192. The third kappa shape index (κ3) is 4.47. The van der Waals surface area contributed by atoms with Crippen LogP contribution in [0.1, 0.15) is 25.0 Å². The molecule has 1 aliphatic rings. The van der Waals surface area contributed by atoms with Crippen molar-refractivity contribution in [1.29, 1.82) is 0 Å². The third-order valence-corrected chi connectivity index (χ3v) is 9.50. The lowest BCUT2D eigenvalue weighted by Gasteiger charge is -2.41. The van der Waals surface area contributed by atoms with Crippen LogP contribution in [-0.2, 0) is 5.41 Å². The molecule has 3 aromatic heterocycles. The van der Waals surface area contributed by atoms with Crippen molar-refractivity contribution >= 4 is 39.0 Å². The summed E-state index contributed by atoms with van der Waals surface area (Å²) in [4.78, 5) is 11.8. The number of hydrogen-bond donors (Lipinski definition) is 0. The summed E-state index contributed by atoms with van der Waals surface area (Å²) in [7, 11) is 0. The summed E-state index contributed by atoms with van der Waals surface area (Å²) in [5, 5.41) is 2.42. The number of aromatic nitrogens is 3. The third-order valence-electron chi connectivity index (χ3n) is 9.50. The maximum Gasteiger partial charge on any atom is 0.141 e. The van der Waals surface area contributed by atoms with Gasteiger partial charge in [-0.25, -0.2) is 4.98 Å². The van der Waals surface area contributed by atoms with Gasteiger partial charge in [-0.15, -0.1) is 0 Å². The topological polar surface area (TPSA) is 43.2 Å². The van der Waals surface area contributed by atoms with Gasteiger partial charge in [0, 0.05) is 51.5 Å². The first kappa shape index (κ1) is 28.1. The Balaban J connectivity index is 1.22. The fourth-order valence-electron chi connectivity index (χ4n) is 7.20. The van der Waals surface area contributed by atoms with Gasteiger partial charge in [0.1, 0.15) is 17.3 Å². The number of benzene rings is 5. The first-order valence-corrected chi connectivity index (χ1v) is 16.2. The van der Waals surface area contributed by atoms with Crippen molar-refractivity contribution in [2.24, 2.45) is 0 Å². The first-order valence-electron chi connectivity index (χ1n) is 16.2. The van der Waals surface area contributed by atoms with Gasteiger partial charge in [0.15, 0.2) is 0 Å². The van der Waals surface area contributed by atoms with Crippen molar-refractivity contribution in [2.75, 3.05) is 4.90 Å². The molecule has 0 bridgehead atoms. The van der Waals surface area contributed by atoms with Crippen LogP contribution in [-0.4, -0.2) is 14.5 Å². The number of pyridine rings is 2. The average molecular weight is 621 g/mol. The molecule has 0 fully saturated rings. The molecule has 9 rings (SSSR count). The highest BCUT2D eigenvalue weighted by Crippen LogP contribution is 2.53. The molecule has 1 aliphatic heterocycles. The molecule has 8 aromatic rings. The van der Waals surface area contributed by atoms with E-state index in [1.807, 2.05) is 60.9 Å². The Labute approximate surface area is 279 Å². The second-order valence-electron chi connectivity index (χ2n) is 12.8. The largest absolute Gasteiger partial charge is 0.457 e. The van der Waals surface area contributed by atoms with Crippen molar-refractivity contribution in [3.05, 3.63) is 169 Å². The zero-order valence-corrected chi connectivity index (χ0v) is 26.7.